The van der Waals surface area contributed by atoms with E-state index in [-0.39, 0.29) is 30.9 Å². The lowest BCUT2D eigenvalue weighted by molar-refractivity contribution is -0.138. The number of carbonyl (C=O) groups excluding carboxylic acids is 3. The first-order valence-corrected chi connectivity index (χ1v) is 11.5. The molecule has 0 saturated carbocycles. The van der Waals surface area contributed by atoms with E-state index in [1.807, 2.05) is 6.26 Å². The van der Waals surface area contributed by atoms with Crippen molar-refractivity contribution in [1.29, 1.82) is 0 Å². The van der Waals surface area contributed by atoms with E-state index in [1.54, 1.807) is 0 Å². The second-order valence-electron chi connectivity index (χ2n) is 7.11. The number of thioether (sulfide) groups is 1. The lowest BCUT2D eigenvalue weighted by atomic mass is 10.1. The van der Waals surface area contributed by atoms with Crippen LogP contribution in [0.25, 0.3) is 0 Å². The number of nitrogens with one attached hydrogen (secondary N) is 4. The maximum Gasteiger partial charge on any atom is 0.322 e. The van der Waals surface area contributed by atoms with Crippen LogP contribution in [0.4, 0.5) is 0 Å². The van der Waals surface area contributed by atoms with E-state index in [1.165, 1.54) is 11.8 Å². The molecule has 0 bridgehead atoms. The van der Waals surface area contributed by atoms with Crippen LogP contribution in [0.1, 0.15) is 32.1 Å². The number of aliphatic carboxylic acids is 1. The van der Waals surface area contributed by atoms with E-state index >= 15 is 0 Å². The number of nitrogens with zero attached hydrogens (tertiary/aromatic N) is 1. The molecule has 31 heavy (non-hydrogen) atoms. The Labute approximate surface area is 185 Å². The van der Waals surface area contributed by atoms with Gasteiger partial charge in [-0.1, -0.05) is 0 Å². The number of carbonyl (C=O) groups is 4. The molecule has 3 amide bonds. The van der Waals surface area contributed by atoms with Gasteiger partial charge in [0.15, 0.2) is 5.96 Å². The summed E-state index contributed by atoms with van der Waals surface area (Å²) in [6.07, 6.45) is 4.46. The molecule has 12 nitrogen and oxygen atoms in total. The lowest BCUT2D eigenvalue weighted by Crippen LogP contribution is -2.56. The summed E-state index contributed by atoms with van der Waals surface area (Å²) in [7, 11) is 0. The molecule has 0 aromatic heterocycles. The van der Waals surface area contributed by atoms with Crippen LogP contribution < -0.4 is 32.7 Å². The summed E-state index contributed by atoms with van der Waals surface area (Å²) in [4.78, 5) is 52.3. The molecule has 3 unspecified atom stereocenters. The van der Waals surface area contributed by atoms with Crippen LogP contribution >= 0.6 is 11.8 Å². The van der Waals surface area contributed by atoms with Crippen molar-refractivity contribution in [2.75, 3.05) is 31.6 Å². The summed E-state index contributed by atoms with van der Waals surface area (Å²) in [6.45, 7) is 0.432. The molecule has 1 heterocycles. The summed E-state index contributed by atoms with van der Waals surface area (Å²) in [5, 5.41) is 19.5. The Balaban J connectivity index is 2.79. The van der Waals surface area contributed by atoms with Crippen LogP contribution in [-0.4, -0.2) is 84.5 Å². The summed E-state index contributed by atoms with van der Waals surface area (Å²) < 4.78 is 0. The first-order chi connectivity index (χ1) is 14.7. The van der Waals surface area contributed by atoms with Gasteiger partial charge < -0.3 is 37.8 Å². The average Bonchev–Trinajstić information content (AvgIpc) is 3.26. The maximum atomic E-state index is 12.9. The van der Waals surface area contributed by atoms with E-state index in [9.17, 15) is 19.2 Å². The van der Waals surface area contributed by atoms with Crippen molar-refractivity contribution < 1.29 is 24.3 Å². The van der Waals surface area contributed by atoms with Gasteiger partial charge in [0, 0.05) is 6.54 Å². The van der Waals surface area contributed by atoms with Gasteiger partial charge in [-0.2, -0.15) is 11.8 Å². The highest BCUT2D eigenvalue weighted by Gasteiger charge is 2.29. The third kappa shape index (κ3) is 10.9. The molecule has 1 saturated heterocycles. The van der Waals surface area contributed by atoms with Gasteiger partial charge in [-0.15, -0.1) is 0 Å². The second-order valence-corrected chi connectivity index (χ2v) is 8.10. The summed E-state index contributed by atoms with van der Waals surface area (Å²) >= 11 is 1.53. The quantitative estimate of drug-likeness (QED) is 0.0848. The number of hydrogen-bond donors (Lipinski definition) is 7. The Hall–Kier alpha value is -2.54. The monoisotopic (exact) mass is 459 g/mol. The number of amides is 3. The minimum atomic E-state index is -1.20. The first-order valence-electron chi connectivity index (χ1n) is 10.1. The van der Waals surface area contributed by atoms with Crippen LogP contribution in [0.15, 0.2) is 4.99 Å². The molecule has 0 aromatic carbocycles. The standard InChI is InChI=1S/C18H33N7O5S/c1-31-9-6-13(25-16(29)11-4-2-7-21-11)17(30)24-12(5-3-8-22-18(19)20)15(28)23-10-14(26)27/h11-13,21H,2-10H2,1H3,(H,23,28)(H,24,30)(H,25,29)(H,26,27)(H4,19,20,22). The van der Waals surface area contributed by atoms with Gasteiger partial charge in [0.25, 0.3) is 0 Å². The Morgan fingerprint density at radius 1 is 1.16 bits per heavy atom. The fourth-order valence-corrected chi connectivity index (χ4v) is 3.49. The molecule has 1 aliphatic rings. The Morgan fingerprint density at radius 2 is 1.87 bits per heavy atom. The summed E-state index contributed by atoms with van der Waals surface area (Å²) in [5.74, 6) is -2.04. The Bertz CT molecular complexity index is 651. The number of nitrogens with two attached hydrogens (primary N) is 2. The molecule has 0 aromatic rings. The van der Waals surface area contributed by atoms with Crippen molar-refractivity contribution in [2.45, 2.75) is 50.2 Å². The molecule has 0 spiro atoms. The molecule has 1 aliphatic heterocycles. The number of aliphatic imine (C=N–C) groups is 1. The Kier molecular flexibility index (Phi) is 12.4. The highest BCUT2D eigenvalue weighted by atomic mass is 32.2. The fourth-order valence-electron chi connectivity index (χ4n) is 3.02. The summed E-state index contributed by atoms with van der Waals surface area (Å²) in [6, 6.07) is -2.13. The number of rotatable bonds is 14. The molecule has 0 radical (unpaired) electrons. The number of hydrogen-bond acceptors (Lipinski definition) is 7. The minimum Gasteiger partial charge on any atom is -0.480 e. The molecule has 9 N–H and O–H groups in total. The fraction of sp³-hybridized carbons (Fsp3) is 0.722. The third-order valence-electron chi connectivity index (χ3n) is 4.61. The van der Waals surface area contributed by atoms with Gasteiger partial charge in [-0.3, -0.25) is 24.2 Å². The van der Waals surface area contributed by atoms with E-state index in [2.05, 4.69) is 26.3 Å². The second kappa shape index (κ2) is 14.5. The largest absolute Gasteiger partial charge is 0.480 e. The molecule has 13 heteroatoms. The smallest absolute Gasteiger partial charge is 0.322 e. The van der Waals surface area contributed by atoms with Crippen LogP contribution in [0.3, 0.4) is 0 Å². The highest BCUT2D eigenvalue weighted by molar-refractivity contribution is 7.98. The molecule has 1 fully saturated rings. The van der Waals surface area contributed by atoms with E-state index in [0.29, 0.717) is 25.0 Å². The predicted octanol–water partition coefficient (Wildman–Crippen LogP) is -2.28. The third-order valence-corrected chi connectivity index (χ3v) is 5.26. The Morgan fingerprint density at radius 3 is 2.45 bits per heavy atom. The molecule has 176 valence electrons. The van der Waals surface area contributed by atoms with Crippen molar-refractivity contribution in [3.8, 4) is 0 Å². The normalized spacial score (nSPS) is 17.3. The van der Waals surface area contributed by atoms with Crippen molar-refractivity contribution >= 4 is 41.4 Å². The van der Waals surface area contributed by atoms with Gasteiger partial charge in [0.1, 0.15) is 18.6 Å². The van der Waals surface area contributed by atoms with Crippen molar-refractivity contribution in [2.24, 2.45) is 16.5 Å². The van der Waals surface area contributed by atoms with Gasteiger partial charge >= 0.3 is 5.97 Å². The van der Waals surface area contributed by atoms with E-state index < -0.39 is 36.4 Å². The minimum absolute atomic E-state index is 0.0868. The predicted molar refractivity (Wildman–Crippen MR) is 118 cm³/mol. The van der Waals surface area contributed by atoms with Gasteiger partial charge in [0.2, 0.25) is 17.7 Å². The lowest BCUT2D eigenvalue weighted by Gasteiger charge is -2.24. The van der Waals surface area contributed by atoms with Gasteiger partial charge in [-0.25, -0.2) is 0 Å². The molecule has 3 atom stereocenters. The highest BCUT2D eigenvalue weighted by Crippen LogP contribution is 2.08. The number of guanidine groups is 1. The van der Waals surface area contributed by atoms with Crippen molar-refractivity contribution in [3.63, 3.8) is 0 Å². The number of carboxylic acids is 1. The average molecular weight is 460 g/mol. The van der Waals surface area contributed by atoms with Crippen molar-refractivity contribution in [3.05, 3.63) is 0 Å². The SMILES string of the molecule is CSCCC(NC(=O)C1CCCN1)C(=O)NC(CCCN=C(N)N)C(=O)NCC(=O)O. The van der Waals surface area contributed by atoms with E-state index in [0.717, 1.165) is 13.0 Å². The topological polar surface area (TPSA) is 201 Å². The number of carboxylic acid groups (broad SMARTS) is 1. The summed E-state index contributed by atoms with van der Waals surface area (Å²) in [5.41, 5.74) is 10.6. The molecular formula is C18H33N7O5S. The van der Waals surface area contributed by atoms with E-state index in [4.69, 9.17) is 16.6 Å². The zero-order chi connectivity index (χ0) is 23.2. The maximum absolute atomic E-state index is 12.9. The van der Waals surface area contributed by atoms with Crippen LogP contribution in [0.5, 0.6) is 0 Å². The van der Waals surface area contributed by atoms with Gasteiger partial charge in [-0.05, 0) is 50.7 Å². The zero-order valence-electron chi connectivity index (χ0n) is 17.7. The van der Waals surface area contributed by atoms with Gasteiger partial charge in [0.05, 0.1) is 6.04 Å². The van der Waals surface area contributed by atoms with Crippen molar-refractivity contribution in [1.82, 2.24) is 21.3 Å². The van der Waals surface area contributed by atoms with Crippen LogP contribution in [-0.2, 0) is 19.2 Å². The van der Waals surface area contributed by atoms with Crippen LogP contribution in [0, 0.1) is 0 Å². The molecular weight excluding hydrogens is 426 g/mol. The molecule has 0 aliphatic carbocycles. The molecule has 1 rings (SSSR count). The van der Waals surface area contributed by atoms with Crippen LogP contribution in [0.2, 0.25) is 0 Å². The zero-order valence-corrected chi connectivity index (χ0v) is 18.5. The first kappa shape index (κ1) is 26.5.